The number of aromatic nitrogens is 1. The summed E-state index contributed by atoms with van der Waals surface area (Å²) in [5.74, 6) is 0.302. The van der Waals surface area contributed by atoms with Gasteiger partial charge in [0, 0.05) is 5.69 Å². The summed E-state index contributed by atoms with van der Waals surface area (Å²) in [5, 5.41) is 9.22. The third-order valence-corrected chi connectivity index (χ3v) is 2.41. The standard InChI is InChI=1S/C10H13NO/c12-9-6-8-4-2-1-3-5-10(8)11-7-9/h6-7,12H,1-5H2. The maximum Gasteiger partial charge on any atom is 0.134 e. The Kier molecular flexibility index (Phi) is 1.98. The van der Waals surface area contributed by atoms with Crippen LogP contribution in [0.5, 0.6) is 5.75 Å². The second kappa shape index (κ2) is 3.13. The molecule has 0 atom stereocenters. The number of rotatable bonds is 0. The molecule has 12 heavy (non-hydrogen) atoms. The zero-order valence-electron chi connectivity index (χ0n) is 7.08. The van der Waals surface area contributed by atoms with Crippen molar-refractivity contribution in [3.8, 4) is 5.75 Å². The van der Waals surface area contributed by atoms with Crippen molar-refractivity contribution in [2.45, 2.75) is 32.1 Å². The van der Waals surface area contributed by atoms with Gasteiger partial charge in [0.1, 0.15) is 5.75 Å². The molecule has 0 saturated heterocycles. The van der Waals surface area contributed by atoms with Gasteiger partial charge >= 0.3 is 0 Å². The van der Waals surface area contributed by atoms with E-state index in [9.17, 15) is 5.11 Å². The topological polar surface area (TPSA) is 33.1 Å². The summed E-state index contributed by atoms with van der Waals surface area (Å²) in [6, 6.07) is 1.85. The molecule has 2 rings (SSSR count). The molecule has 0 fully saturated rings. The van der Waals surface area contributed by atoms with Crippen molar-refractivity contribution in [3.63, 3.8) is 0 Å². The van der Waals surface area contributed by atoms with Gasteiger partial charge in [-0.1, -0.05) is 6.42 Å². The van der Waals surface area contributed by atoms with Gasteiger partial charge < -0.3 is 5.11 Å². The van der Waals surface area contributed by atoms with Crippen LogP contribution < -0.4 is 0 Å². The molecular weight excluding hydrogens is 150 g/mol. The maximum atomic E-state index is 9.22. The van der Waals surface area contributed by atoms with Crippen LogP contribution >= 0.6 is 0 Å². The first-order chi connectivity index (χ1) is 5.86. The van der Waals surface area contributed by atoms with Crippen molar-refractivity contribution in [2.75, 3.05) is 0 Å². The number of nitrogens with zero attached hydrogens (tertiary/aromatic N) is 1. The Hall–Kier alpha value is -1.05. The zero-order valence-corrected chi connectivity index (χ0v) is 7.08. The van der Waals surface area contributed by atoms with E-state index in [4.69, 9.17) is 0 Å². The number of aryl methyl sites for hydroxylation is 2. The summed E-state index contributed by atoms with van der Waals surface area (Å²) < 4.78 is 0. The predicted octanol–water partition coefficient (Wildman–Crippen LogP) is 2.06. The summed E-state index contributed by atoms with van der Waals surface area (Å²) in [4.78, 5) is 4.23. The minimum Gasteiger partial charge on any atom is -0.506 e. The van der Waals surface area contributed by atoms with E-state index in [-0.39, 0.29) is 0 Å². The number of hydrogen-bond donors (Lipinski definition) is 1. The fraction of sp³-hybridized carbons (Fsp3) is 0.500. The van der Waals surface area contributed by atoms with Gasteiger partial charge in [0.05, 0.1) is 6.20 Å². The summed E-state index contributed by atoms with van der Waals surface area (Å²) in [7, 11) is 0. The Morgan fingerprint density at radius 1 is 1.17 bits per heavy atom. The fourth-order valence-electron chi connectivity index (χ4n) is 1.75. The van der Waals surface area contributed by atoms with Crippen LogP contribution in [0.25, 0.3) is 0 Å². The number of aromatic hydroxyl groups is 1. The first kappa shape index (κ1) is 7.59. The molecule has 1 aliphatic rings. The Morgan fingerprint density at radius 2 is 2.00 bits per heavy atom. The lowest BCUT2D eigenvalue weighted by atomic mass is 10.1. The molecule has 1 heterocycles. The number of pyridine rings is 1. The van der Waals surface area contributed by atoms with Crippen LogP contribution in [-0.4, -0.2) is 10.1 Å². The molecule has 0 radical (unpaired) electrons. The smallest absolute Gasteiger partial charge is 0.134 e. The maximum absolute atomic E-state index is 9.22. The third-order valence-electron chi connectivity index (χ3n) is 2.41. The van der Waals surface area contributed by atoms with Crippen LogP contribution in [0.3, 0.4) is 0 Å². The van der Waals surface area contributed by atoms with Gasteiger partial charge in [-0.25, -0.2) is 0 Å². The van der Waals surface area contributed by atoms with Gasteiger partial charge in [0.2, 0.25) is 0 Å². The monoisotopic (exact) mass is 163 g/mol. The van der Waals surface area contributed by atoms with E-state index in [0.29, 0.717) is 5.75 Å². The molecule has 1 aliphatic carbocycles. The van der Waals surface area contributed by atoms with E-state index < -0.39 is 0 Å². The highest BCUT2D eigenvalue weighted by Gasteiger charge is 2.08. The lowest BCUT2D eigenvalue weighted by molar-refractivity contribution is 0.471. The normalized spacial score (nSPS) is 16.7. The van der Waals surface area contributed by atoms with E-state index in [1.165, 1.54) is 30.5 Å². The van der Waals surface area contributed by atoms with Crippen LogP contribution in [-0.2, 0) is 12.8 Å². The largest absolute Gasteiger partial charge is 0.506 e. The average Bonchev–Trinajstić information content (AvgIpc) is 2.28. The van der Waals surface area contributed by atoms with Crippen molar-refractivity contribution in [1.82, 2.24) is 4.98 Å². The highest BCUT2D eigenvalue weighted by Crippen LogP contribution is 2.21. The Bertz CT molecular complexity index is 283. The minimum absolute atomic E-state index is 0.302. The zero-order chi connectivity index (χ0) is 8.39. The van der Waals surface area contributed by atoms with Crippen LogP contribution in [0, 0.1) is 0 Å². The molecule has 0 unspecified atom stereocenters. The summed E-state index contributed by atoms with van der Waals surface area (Å²) in [6.07, 6.45) is 7.47. The summed E-state index contributed by atoms with van der Waals surface area (Å²) >= 11 is 0. The lowest BCUT2D eigenvalue weighted by Crippen LogP contribution is -1.93. The van der Waals surface area contributed by atoms with E-state index in [1.54, 1.807) is 6.20 Å². The summed E-state index contributed by atoms with van der Waals surface area (Å²) in [5.41, 5.74) is 2.43. The molecule has 2 heteroatoms. The molecule has 0 spiro atoms. The van der Waals surface area contributed by atoms with Gasteiger partial charge in [-0.05, 0) is 37.3 Å². The SMILES string of the molecule is Oc1cnc2c(c1)CCCCC2. The van der Waals surface area contributed by atoms with Crippen molar-refractivity contribution in [3.05, 3.63) is 23.5 Å². The molecule has 0 bridgehead atoms. The van der Waals surface area contributed by atoms with Gasteiger partial charge in [0.25, 0.3) is 0 Å². The molecule has 1 N–H and O–H groups in total. The molecule has 1 aromatic heterocycles. The number of fused-ring (bicyclic) bond motifs is 1. The van der Waals surface area contributed by atoms with Crippen LogP contribution in [0.15, 0.2) is 12.3 Å². The van der Waals surface area contributed by atoms with Crippen LogP contribution in [0.1, 0.15) is 30.5 Å². The van der Waals surface area contributed by atoms with Gasteiger partial charge in [0.15, 0.2) is 0 Å². The first-order valence-electron chi connectivity index (χ1n) is 4.53. The molecule has 2 nitrogen and oxygen atoms in total. The Labute approximate surface area is 72.3 Å². The summed E-state index contributed by atoms with van der Waals surface area (Å²) in [6.45, 7) is 0. The van der Waals surface area contributed by atoms with Gasteiger partial charge in [-0.2, -0.15) is 0 Å². The molecule has 0 saturated carbocycles. The highest BCUT2D eigenvalue weighted by molar-refractivity contribution is 5.29. The van der Waals surface area contributed by atoms with E-state index in [2.05, 4.69) is 4.98 Å². The van der Waals surface area contributed by atoms with E-state index >= 15 is 0 Å². The van der Waals surface area contributed by atoms with Crippen molar-refractivity contribution in [1.29, 1.82) is 0 Å². The van der Waals surface area contributed by atoms with E-state index in [1.807, 2.05) is 6.07 Å². The lowest BCUT2D eigenvalue weighted by Gasteiger charge is -2.03. The van der Waals surface area contributed by atoms with Gasteiger partial charge in [-0.3, -0.25) is 4.98 Å². The predicted molar refractivity (Wildman–Crippen MR) is 47.2 cm³/mol. The second-order valence-corrected chi connectivity index (χ2v) is 3.36. The molecule has 0 aliphatic heterocycles. The van der Waals surface area contributed by atoms with Crippen molar-refractivity contribution < 1.29 is 5.11 Å². The highest BCUT2D eigenvalue weighted by atomic mass is 16.3. The quantitative estimate of drug-likeness (QED) is 0.594. The van der Waals surface area contributed by atoms with Crippen LogP contribution in [0.2, 0.25) is 0 Å². The average molecular weight is 163 g/mol. The molecule has 64 valence electrons. The third kappa shape index (κ3) is 1.42. The number of hydrogen-bond acceptors (Lipinski definition) is 2. The minimum atomic E-state index is 0.302. The van der Waals surface area contributed by atoms with Crippen molar-refractivity contribution >= 4 is 0 Å². The first-order valence-corrected chi connectivity index (χ1v) is 4.53. The fourth-order valence-corrected chi connectivity index (χ4v) is 1.75. The Balaban J connectivity index is 2.36. The van der Waals surface area contributed by atoms with Crippen LogP contribution in [0.4, 0.5) is 0 Å². The second-order valence-electron chi connectivity index (χ2n) is 3.36. The Morgan fingerprint density at radius 3 is 2.92 bits per heavy atom. The van der Waals surface area contributed by atoms with Gasteiger partial charge in [-0.15, -0.1) is 0 Å². The molecular formula is C10H13NO. The van der Waals surface area contributed by atoms with E-state index in [0.717, 1.165) is 12.8 Å². The van der Waals surface area contributed by atoms with Crippen molar-refractivity contribution in [2.24, 2.45) is 0 Å². The molecule has 1 aromatic rings. The molecule has 0 aromatic carbocycles. The molecule has 0 amide bonds.